The maximum absolute atomic E-state index is 10.3. The molecule has 0 unspecified atom stereocenters. The molecule has 0 amide bonds. The van der Waals surface area contributed by atoms with Crippen LogP contribution in [-0.2, 0) is 0 Å². The first-order chi connectivity index (χ1) is 14.8. The van der Waals surface area contributed by atoms with Crippen molar-refractivity contribution in [3.63, 3.8) is 0 Å². The number of hydrogen-bond acceptors (Lipinski definition) is 4. The average molecular weight is 412 g/mol. The summed E-state index contributed by atoms with van der Waals surface area (Å²) in [5.74, 6) is 1.95. The molecule has 5 heteroatoms. The molecule has 0 radical (unpaired) electrons. The number of unbranched alkanes of at least 4 members (excludes halogenated alkanes) is 7. The van der Waals surface area contributed by atoms with E-state index in [-0.39, 0.29) is 0 Å². The van der Waals surface area contributed by atoms with Crippen LogP contribution in [0.5, 0.6) is 5.75 Å². The fourth-order valence-corrected chi connectivity index (χ4v) is 4.10. The number of rotatable bonds is 13. The van der Waals surface area contributed by atoms with E-state index < -0.39 is 0 Å². The predicted molar refractivity (Wildman–Crippen MR) is 122 cm³/mol. The van der Waals surface area contributed by atoms with E-state index in [1.54, 1.807) is 6.33 Å². The van der Waals surface area contributed by atoms with Gasteiger partial charge in [-0.1, -0.05) is 50.3 Å². The summed E-state index contributed by atoms with van der Waals surface area (Å²) < 4.78 is 5.72. The third-order valence-electron chi connectivity index (χ3n) is 5.94. The Hall–Kier alpha value is -2.43. The average Bonchev–Trinajstić information content (AvgIpc) is 3.33. The fraction of sp³-hybridized carbons (Fsp3) is 0.560. The van der Waals surface area contributed by atoms with Gasteiger partial charge in [0.2, 0.25) is 0 Å². The minimum Gasteiger partial charge on any atom is -0.495 e. The molecule has 1 aliphatic rings. The van der Waals surface area contributed by atoms with Gasteiger partial charge in [-0.3, -0.25) is 0 Å². The van der Waals surface area contributed by atoms with Crippen LogP contribution in [0.4, 0.5) is 0 Å². The summed E-state index contributed by atoms with van der Waals surface area (Å²) in [6.07, 6.45) is 17.5. The fourth-order valence-electron chi connectivity index (χ4n) is 4.10. The third kappa shape index (κ3) is 7.77. The van der Waals surface area contributed by atoms with Crippen LogP contribution in [0, 0.1) is 0 Å². The first-order valence-electron chi connectivity index (χ1n) is 11.6. The third-order valence-corrected chi connectivity index (χ3v) is 5.94. The molecule has 2 aromatic rings. The number of nitrogens with one attached hydrogen (secondary N) is 1. The molecule has 0 aliphatic carbocycles. The van der Waals surface area contributed by atoms with Gasteiger partial charge in [-0.15, -0.1) is 0 Å². The van der Waals surface area contributed by atoms with Gasteiger partial charge in [-0.25, -0.2) is 4.98 Å². The zero-order valence-electron chi connectivity index (χ0n) is 18.1. The van der Waals surface area contributed by atoms with Gasteiger partial charge < -0.3 is 19.7 Å². The van der Waals surface area contributed by atoms with Gasteiger partial charge in [0.15, 0.2) is 5.88 Å². The maximum Gasteiger partial charge on any atom is 0.182 e. The molecule has 30 heavy (non-hydrogen) atoms. The van der Waals surface area contributed by atoms with Crippen molar-refractivity contribution in [2.24, 2.45) is 0 Å². The Balaban J connectivity index is 1.15. The normalized spacial score (nSPS) is 15.5. The van der Waals surface area contributed by atoms with Crippen molar-refractivity contribution >= 4 is 0 Å². The molecule has 2 N–H and O–H groups in total. The zero-order chi connectivity index (χ0) is 20.9. The van der Waals surface area contributed by atoms with E-state index in [9.17, 15) is 5.11 Å². The van der Waals surface area contributed by atoms with Crippen LogP contribution in [0.15, 0.2) is 54.8 Å². The number of nitrogens with zero attached hydrogens (tertiary/aromatic N) is 2. The summed E-state index contributed by atoms with van der Waals surface area (Å²) in [7, 11) is 0. The molecule has 1 aromatic carbocycles. The number of likely N-dealkylation sites (tertiary alicyclic amines) is 1. The van der Waals surface area contributed by atoms with E-state index in [4.69, 9.17) is 4.74 Å². The van der Waals surface area contributed by atoms with Gasteiger partial charge in [0, 0.05) is 25.2 Å². The van der Waals surface area contributed by atoms with Crippen molar-refractivity contribution in [1.29, 1.82) is 0 Å². The molecule has 0 bridgehead atoms. The van der Waals surface area contributed by atoms with Crippen molar-refractivity contribution in [2.45, 2.75) is 70.1 Å². The lowest BCUT2D eigenvalue weighted by atomic mass is 9.94. The van der Waals surface area contributed by atoms with E-state index in [2.05, 4.69) is 14.9 Å². The number of aliphatic hydroxyl groups excluding tert-OH is 1. The number of aliphatic hydroxyl groups is 1. The van der Waals surface area contributed by atoms with Crippen LogP contribution in [0.25, 0.3) is 0 Å². The van der Waals surface area contributed by atoms with Crippen molar-refractivity contribution < 1.29 is 9.84 Å². The topological polar surface area (TPSA) is 61.4 Å². The van der Waals surface area contributed by atoms with Gasteiger partial charge in [0.1, 0.15) is 5.75 Å². The Bertz CT molecular complexity index is 707. The van der Waals surface area contributed by atoms with Crippen LogP contribution in [0.3, 0.4) is 0 Å². The van der Waals surface area contributed by atoms with Crippen LogP contribution in [-0.4, -0.2) is 39.7 Å². The highest BCUT2D eigenvalue weighted by atomic mass is 16.5. The van der Waals surface area contributed by atoms with Crippen molar-refractivity contribution in [3.05, 3.63) is 60.5 Å². The van der Waals surface area contributed by atoms with Crippen molar-refractivity contribution in [1.82, 2.24) is 14.9 Å². The summed E-state index contributed by atoms with van der Waals surface area (Å²) in [6.45, 7) is 2.63. The molecule has 5 nitrogen and oxygen atoms in total. The second-order valence-electron chi connectivity index (χ2n) is 8.24. The number of aromatic amines is 1. The number of hydrogen-bond donors (Lipinski definition) is 2. The quantitative estimate of drug-likeness (QED) is 0.305. The molecule has 1 aliphatic heterocycles. The van der Waals surface area contributed by atoms with Crippen LogP contribution in [0.1, 0.15) is 75.8 Å². The largest absolute Gasteiger partial charge is 0.495 e. The van der Waals surface area contributed by atoms with Crippen molar-refractivity contribution in [3.8, 4) is 5.75 Å². The number of para-hydroxylation sites is 1. The number of H-pyrrole nitrogens is 1. The number of piperidine rings is 1. The van der Waals surface area contributed by atoms with Gasteiger partial charge >= 0.3 is 0 Å². The second kappa shape index (κ2) is 13.0. The molecule has 164 valence electrons. The van der Waals surface area contributed by atoms with Crippen LogP contribution in [0.2, 0.25) is 0 Å². The standard InChI is InChI=1S/C25H37N3O2/c29-25(28-17-15-22(16-18-28)24-20-26-21-27-24)14-10-5-3-1-2-4-6-11-19-30-23-12-8-7-9-13-23/h7-9,12-14,20-22,29H,1-6,10-11,15-19H2,(H,26,27). The molecule has 3 rings (SSSR count). The zero-order valence-corrected chi connectivity index (χ0v) is 18.1. The molecular formula is C25H37N3O2. The Morgan fingerprint density at radius 2 is 1.73 bits per heavy atom. The number of benzene rings is 1. The molecule has 1 fully saturated rings. The number of aromatic nitrogens is 2. The molecule has 1 aromatic heterocycles. The minimum atomic E-state index is 0.467. The highest BCUT2D eigenvalue weighted by Gasteiger charge is 2.22. The summed E-state index contributed by atoms with van der Waals surface area (Å²) in [6, 6.07) is 10.0. The summed E-state index contributed by atoms with van der Waals surface area (Å²) >= 11 is 0. The number of imidazole rings is 1. The lowest BCUT2D eigenvalue weighted by Gasteiger charge is -2.32. The predicted octanol–water partition coefficient (Wildman–Crippen LogP) is 6.19. The van der Waals surface area contributed by atoms with E-state index in [0.29, 0.717) is 11.8 Å². The maximum atomic E-state index is 10.3. The minimum absolute atomic E-state index is 0.467. The lowest BCUT2D eigenvalue weighted by molar-refractivity contribution is 0.163. The molecule has 2 heterocycles. The van der Waals surface area contributed by atoms with Gasteiger partial charge in [0.25, 0.3) is 0 Å². The highest BCUT2D eigenvalue weighted by molar-refractivity contribution is 5.20. The van der Waals surface area contributed by atoms with E-state index >= 15 is 0 Å². The Morgan fingerprint density at radius 1 is 1.03 bits per heavy atom. The Kier molecular flexibility index (Phi) is 9.64. The number of allylic oxidation sites excluding steroid dienone is 1. The highest BCUT2D eigenvalue weighted by Crippen LogP contribution is 2.27. The van der Waals surface area contributed by atoms with Gasteiger partial charge in [0.05, 0.1) is 18.6 Å². The molecular weight excluding hydrogens is 374 g/mol. The molecule has 0 saturated carbocycles. The molecule has 0 spiro atoms. The van der Waals surface area contributed by atoms with Crippen LogP contribution < -0.4 is 4.74 Å². The van der Waals surface area contributed by atoms with Gasteiger partial charge in [-0.05, 0) is 50.3 Å². The monoisotopic (exact) mass is 411 g/mol. The summed E-state index contributed by atoms with van der Waals surface area (Å²) in [4.78, 5) is 9.52. The lowest BCUT2D eigenvalue weighted by Crippen LogP contribution is -2.32. The molecule has 0 atom stereocenters. The molecule has 1 saturated heterocycles. The smallest absolute Gasteiger partial charge is 0.182 e. The van der Waals surface area contributed by atoms with Crippen molar-refractivity contribution in [2.75, 3.05) is 19.7 Å². The summed E-state index contributed by atoms with van der Waals surface area (Å²) in [5, 5.41) is 10.3. The first-order valence-corrected chi connectivity index (χ1v) is 11.6. The van der Waals surface area contributed by atoms with E-state index in [1.807, 2.05) is 42.6 Å². The van der Waals surface area contributed by atoms with E-state index in [0.717, 1.165) is 63.2 Å². The Morgan fingerprint density at radius 3 is 2.43 bits per heavy atom. The van der Waals surface area contributed by atoms with Crippen LogP contribution >= 0.6 is 0 Å². The number of ether oxygens (including phenoxy) is 1. The SMILES string of the molecule is OC(=CCCCCCCCCCOc1ccccc1)N1CCC(c2c[nH]cn2)CC1. The van der Waals surface area contributed by atoms with Gasteiger partial charge in [-0.2, -0.15) is 0 Å². The summed E-state index contributed by atoms with van der Waals surface area (Å²) in [5.41, 5.74) is 1.15. The van der Waals surface area contributed by atoms with E-state index in [1.165, 1.54) is 32.1 Å². The first kappa shape index (κ1) is 22.3. The Labute approximate surface area is 181 Å². The second-order valence-corrected chi connectivity index (χ2v) is 8.24.